The summed E-state index contributed by atoms with van der Waals surface area (Å²) in [6.07, 6.45) is 1.04. The molecule has 0 bridgehead atoms. The molecule has 5 rings (SSSR count). The van der Waals surface area contributed by atoms with Gasteiger partial charge in [-0.3, -0.25) is 4.90 Å². The topological polar surface area (TPSA) is 6.48 Å². The summed E-state index contributed by atoms with van der Waals surface area (Å²) in [4.78, 5) is 4.66. The van der Waals surface area contributed by atoms with E-state index >= 15 is 0 Å². The molecule has 0 saturated heterocycles. The average molecular weight is 433 g/mol. The number of hydrogen-bond donors (Lipinski definition) is 0. The third-order valence-corrected chi connectivity index (χ3v) is 6.48. The summed E-state index contributed by atoms with van der Waals surface area (Å²) in [5.41, 5.74) is 12.5. The Hall–Kier alpha value is -3.20. The molecule has 0 aliphatic heterocycles. The zero-order valence-electron chi connectivity index (χ0n) is 19.9. The van der Waals surface area contributed by atoms with Crippen molar-refractivity contribution in [3.05, 3.63) is 119 Å². The fourth-order valence-corrected chi connectivity index (χ4v) is 5.12. The van der Waals surface area contributed by atoms with Gasteiger partial charge in [0.15, 0.2) is 0 Å². The Morgan fingerprint density at radius 2 is 1.33 bits per heavy atom. The third kappa shape index (κ3) is 4.78. The number of hydrogen-bond acceptors (Lipinski definition) is 2. The van der Waals surface area contributed by atoms with E-state index < -0.39 is 0 Å². The highest BCUT2D eigenvalue weighted by Gasteiger charge is 2.21. The van der Waals surface area contributed by atoms with Crippen molar-refractivity contribution in [2.24, 2.45) is 0 Å². The van der Waals surface area contributed by atoms with Gasteiger partial charge in [-0.15, -0.1) is 0 Å². The van der Waals surface area contributed by atoms with E-state index in [0.717, 1.165) is 26.1 Å². The fourth-order valence-electron chi connectivity index (χ4n) is 5.12. The molecule has 0 unspecified atom stereocenters. The lowest BCUT2D eigenvalue weighted by atomic mass is 9.98. The van der Waals surface area contributed by atoms with Crippen LogP contribution in [0.2, 0.25) is 0 Å². The molecule has 1 aliphatic carbocycles. The Morgan fingerprint density at radius 3 is 2.12 bits per heavy atom. The van der Waals surface area contributed by atoms with Gasteiger partial charge < -0.3 is 4.90 Å². The highest BCUT2D eigenvalue weighted by Crippen LogP contribution is 2.39. The summed E-state index contributed by atoms with van der Waals surface area (Å²) >= 11 is 0. The van der Waals surface area contributed by atoms with Crippen LogP contribution in [0.4, 0.5) is 0 Å². The second-order valence-electron chi connectivity index (χ2n) is 9.60. The molecule has 2 nitrogen and oxygen atoms in total. The molecule has 0 radical (unpaired) electrons. The highest BCUT2D eigenvalue weighted by molar-refractivity contribution is 5.79. The van der Waals surface area contributed by atoms with Gasteiger partial charge in [0.05, 0.1) is 0 Å². The van der Waals surface area contributed by atoms with Gasteiger partial charge in [-0.2, -0.15) is 0 Å². The van der Waals surface area contributed by atoms with E-state index in [-0.39, 0.29) is 0 Å². The molecule has 0 amide bonds. The molecule has 166 valence electrons. The lowest BCUT2D eigenvalue weighted by molar-refractivity contribution is 0.319. The van der Waals surface area contributed by atoms with E-state index in [4.69, 9.17) is 0 Å². The Labute approximate surface area is 198 Å². The summed E-state index contributed by atoms with van der Waals surface area (Å²) in [6, 6.07) is 33.4. The first kappa shape index (κ1) is 21.6. The van der Waals surface area contributed by atoms with Gasteiger partial charge in [-0.1, -0.05) is 84.9 Å². The van der Waals surface area contributed by atoms with Crippen LogP contribution in [-0.2, 0) is 26.1 Å². The molecule has 0 N–H and O–H groups in total. The van der Waals surface area contributed by atoms with E-state index in [1.165, 1.54) is 50.1 Å². The molecule has 1 aliphatic rings. The molecule has 0 saturated carbocycles. The molecule has 0 atom stereocenters. The van der Waals surface area contributed by atoms with Crippen LogP contribution in [0, 0.1) is 0 Å². The number of rotatable bonds is 7. The van der Waals surface area contributed by atoms with Crippen LogP contribution in [0.3, 0.4) is 0 Å². The van der Waals surface area contributed by atoms with Gasteiger partial charge in [0.1, 0.15) is 0 Å². The molecule has 4 aromatic rings. The van der Waals surface area contributed by atoms with E-state index in [9.17, 15) is 0 Å². The molecular weight excluding hydrogens is 400 g/mol. The van der Waals surface area contributed by atoms with E-state index in [2.05, 4.69) is 122 Å². The maximum atomic E-state index is 2.42. The maximum absolute atomic E-state index is 2.42. The molecule has 0 spiro atoms. The van der Waals surface area contributed by atoms with Gasteiger partial charge in [0, 0.05) is 19.6 Å². The smallest absolute Gasteiger partial charge is 0.0234 e. The van der Waals surface area contributed by atoms with Crippen LogP contribution < -0.4 is 0 Å². The zero-order valence-corrected chi connectivity index (χ0v) is 19.9. The molecule has 0 aromatic heterocycles. The predicted octanol–water partition coefficient (Wildman–Crippen LogP) is 6.62. The monoisotopic (exact) mass is 432 g/mol. The summed E-state index contributed by atoms with van der Waals surface area (Å²) < 4.78 is 0. The van der Waals surface area contributed by atoms with E-state index in [1.807, 2.05) is 0 Å². The average Bonchev–Trinajstić information content (AvgIpc) is 3.18. The van der Waals surface area contributed by atoms with Gasteiger partial charge in [0.2, 0.25) is 0 Å². The minimum atomic E-state index is 0.935. The normalized spacial score (nSPS) is 12.3. The lowest BCUT2D eigenvalue weighted by Gasteiger charge is -2.18. The summed E-state index contributed by atoms with van der Waals surface area (Å²) in [5.74, 6) is 0. The van der Waals surface area contributed by atoms with E-state index in [0.29, 0.717) is 0 Å². The lowest BCUT2D eigenvalue weighted by Crippen LogP contribution is -2.17. The predicted molar refractivity (Wildman–Crippen MR) is 139 cm³/mol. The van der Waals surface area contributed by atoms with Crippen LogP contribution in [-0.4, -0.2) is 30.9 Å². The van der Waals surface area contributed by atoms with Gasteiger partial charge in [0.25, 0.3) is 0 Å². The van der Waals surface area contributed by atoms with Crippen LogP contribution in [0.5, 0.6) is 0 Å². The van der Waals surface area contributed by atoms with Gasteiger partial charge >= 0.3 is 0 Å². The second kappa shape index (κ2) is 9.35. The van der Waals surface area contributed by atoms with Gasteiger partial charge in [-0.05, 0) is 83.7 Å². The van der Waals surface area contributed by atoms with Crippen molar-refractivity contribution in [1.82, 2.24) is 9.80 Å². The number of nitrogens with zero attached hydrogens (tertiary/aromatic N) is 2. The minimum Gasteiger partial charge on any atom is -0.305 e. The Bertz CT molecular complexity index is 1260. The Kier molecular flexibility index (Phi) is 6.13. The van der Waals surface area contributed by atoms with E-state index in [1.54, 1.807) is 0 Å². The first-order valence-electron chi connectivity index (χ1n) is 11.8. The van der Waals surface area contributed by atoms with Crippen molar-refractivity contribution in [3.63, 3.8) is 0 Å². The largest absolute Gasteiger partial charge is 0.305 e. The second-order valence-corrected chi connectivity index (χ2v) is 9.60. The van der Waals surface area contributed by atoms with Crippen LogP contribution in [0.15, 0.2) is 91.0 Å². The standard InChI is InChI=1S/C31H32N2/c1-32(2)22-28-14-8-13-27-19-29-18-24(15-16-30(29)31(27)28)21-33(3)20-23-9-7-12-26(17-23)25-10-5-4-6-11-25/h4-18H,19-22H2,1-3H3. The number of benzene rings is 4. The summed E-state index contributed by atoms with van der Waals surface area (Å²) in [7, 11) is 6.50. The van der Waals surface area contributed by atoms with Gasteiger partial charge in [-0.25, -0.2) is 0 Å². The SMILES string of the molecule is CN(C)Cc1cccc2c1-c1ccc(CN(C)Cc3cccc(-c4ccccc4)c3)cc1C2. The zero-order chi connectivity index (χ0) is 22.8. The first-order chi connectivity index (χ1) is 16.1. The van der Waals surface area contributed by atoms with Crippen LogP contribution in [0.25, 0.3) is 22.3 Å². The van der Waals surface area contributed by atoms with Crippen molar-refractivity contribution in [2.45, 2.75) is 26.1 Å². The van der Waals surface area contributed by atoms with Crippen molar-refractivity contribution in [2.75, 3.05) is 21.1 Å². The highest BCUT2D eigenvalue weighted by atomic mass is 15.1. The Balaban J connectivity index is 1.31. The van der Waals surface area contributed by atoms with Crippen molar-refractivity contribution in [3.8, 4) is 22.3 Å². The van der Waals surface area contributed by atoms with Crippen LogP contribution >= 0.6 is 0 Å². The quantitative estimate of drug-likeness (QED) is 0.285. The van der Waals surface area contributed by atoms with Crippen molar-refractivity contribution < 1.29 is 0 Å². The minimum absolute atomic E-state index is 0.935. The molecule has 0 fully saturated rings. The molecular formula is C31H32N2. The van der Waals surface area contributed by atoms with Crippen molar-refractivity contribution in [1.29, 1.82) is 0 Å². The Morgan fingerprint density at radius 1 is 0.606 bits per heavy atom. The molecule has 4 aromatic carbocycles. The first-order valence-corrected chi connectivity index (χ1v) is 11.8. The maximum Gasteiger partial charge on any atom is 0.0234 e. The fraction of sp³-hybridized carbons (Fsp3) is 0.226. The van der Waals surface area contributed by atoms with Crippen molar-refractivity contribution >= 4 is 0 Å². The summed E-state index contributed by atoms with van der Waals surface area (Å²) in [5, 5.41) is 0. The third-order valence-electron chi connectivity index (χ3n) is 6.48. The molecule has 33 heavy (non-hydrogen) atoms. The van der Waals surface area contributed by atoms with Crippen LogP contribution in [0.1, 0.15) is 27.8 Å². The molecule has 0 heterocycles. The molecule has 2 heteroatoms. The summed E-state index contributed by atoms with van der Waals surface area (Å²) in [6.45, 7) is 2.86. The number of fused-ring (bicyclic) bond motifs is 3.